The molecule has 0 aromatic carbocycles. The summed E-state index contributed by atoms with van der Waals surface area (Å²) in [4.78, 5) is 4.38. The highest BCUT2D eigenvalue weighted by Crippen LogP contribution is 2.21. The Balaban J connectivity index is 2.12. The molecule has 15 heavy (non-hydrogen) atoms. The molecular formula is C10H17N3O2. The zero-order chi connectivity index (χ0) is 10.9. The van der Waals surface area contributed by atoms with Crippen LogP contribution in [0.15, 0.2) is 4.52 Å². The summed E-state index contributed by atoms with van der Waals surface area (Å²) in [6, 6.07) is 0.0438. The Hall–Kier alpha value is -0.940. The molecule has 0 amide bonds. The van der Waals surface area contributed by atoms with Crippen molar-refractivity contribution in [1.82, 2.24) is 15.5 Å². The second kappa shape index (κ2) is 3.90. The van der Waals surface area contributed by atoms with Crippen molar-refractivity contribution in [3.8, 4) is 0 Å². The van der Waals surface area contributed by atoms with Gasteiger partial charge in [-0.2, -0.15) is 4.98 Å². The highest BCUT2D eigenvalue weighted by molar-refractivity contribution is 5.02. The summed E-state index contributed by atoms with van der Waals surface area (Å²) in [7, 11) is 0. The molecule has 0 spiro atoms. The van der Waals surface area contributed by atoms with E-state index in [4.69, 9.17) is 9.26 Å². The van der Waals surface area contributed by atoms with Crippen LogP contribution in [-0.2, 0) is 10.2 Å². The van der Waals surface area contributed by atoms with Crippen molar-refractivity contribution in [3.05, 3.63) is 11.7 Å². The first kappa shape index (κ1) is 10.6. The van der Waals surface area contributed by atoms with Crippen LogP contribution in [0, 0.1) is 0 Å². The number of nitrogens with one attached hydrogen (secondary N) is 1. The van der Waals surface area contributed by atoms with Crippen molar-refractivity contribution in [2.75, 3.05) is 19.8 Å². The van der Waals surface area contributed by atoms with E-state index in [-0.39, 0.29) is 11.5 Å². The maximum atomic E-state index is 5.34. The van der Waals surface area contributed by atoms with E-state index in [1.54, 1.807) is 0 Å². The summed E-state index contributed by atoms with van der Waals surface area (Å²) >= 11 is 0. The summed E-state index contributed by atoms with van der Waals surface area (Å²) in [5.74, 6) is 1.37. The second-order valence-corrected chi connectivity index (χ2v) is 4.79. The molecule has 1 aliphatic heterocycles. The van der Waals surface area contributed by atoms with Gasteiger partial charge in [0.2, 0.25) is 5.89 Å². The lowest BCUT2D eigenvalue weighted by Crippen LogP contribution is -2.34. The van der Waals surface area contributed by atoms with E-state index >= 15 is 0 Å². The summed E-state index contributed by atoms with van der Waals surface area (Å²) < 4.78 is 10.6. The zero-order valence-electron chi connectivity index (χ0n) is 9.41. The molecule has 1 saturated heterocycles. The van der Waals surface area contributed by atoms with Gasteiger partial charge in [0.15, 0.2) is 5.82 Å². The molecule has 2 rings (SSSR count). The topological polar surface area (TPSA) is 60.2 Å². The highest BCUT2D eigenvalue weighted by atomic mass is 16.5. The van der Waals surface area contributed by atoms with Gasteiger partial charge in [-0.15, -0.1) is 0 Å². The van der Waals surface area contributed by atoms with Crippen LogP contribution in [0.2, 0.25) is 0 Å². The summed E-state index contributed by atoms with van der Waals surface area (Å²) in [6.07, 6.45) is 0. The van der Waals surface area contributed by atoms with Crippen molar-refractivity contribution in [1.29, 1.82) is 0 Å². The molecule has 2 heterocycles. The molecule has 1 N–H and O–H groups in total. The van der Waals surface area contributed by atoms with E-state index in [0.717, 1.165) is 19.0 Å². The maximum Gasteiger partial charge on any atom is 0.246 e. The fraction of sp³-hybridized carbons (Fsp3) is 0.800. The molecule has 1 aliphatic rings. The van der Waals surface area contributed by atoms with Crippen molar-refractivity contribution < 1.29 is 9.26 Å². The van der Waals surface area contributed by atoms with Gasteiger partial charge in [-0.05, 0) is 0 Å². The number of aromatic nitrogens is 2. The highest BCUT2D eigenvalue weighted by Gasteiger charge is 2.25. The Morgan fingerprint density at radius 1 is 1.40 bits per heavy atom. The lowest BCUT2D eigenvalue weighted by atomic mass is 9.96. The van der Waals surface area contributed by atoms with Crippen LogP contribution < -0.4 is 5.32 Å². The quantitative estimate of drug-likeness (QED) is 0.751. The molecule has 0 bridgehead atoms. The first-order valence-electron chi connectivity index (χ1n) is 5.22. The molecule has 1 atom stereocenters. The number of ether oxygens (including phenoxy) is 1. The smallest absolute Gasteiger partial charge is 0.246 e. The van der Waals surface area contributed by atoms with Crippen LogP contribution in [0.25, 0.3) is 0 Å². The van der Waals surface area contributed by atoms with E-state index < -0.39 is 0 Å². The van der Waals surface area contributed by atoms with Crippen molar-refractivity contribution in [3.63, 3.8) is 0 Å². The Kier molecular flexibility index (Phi) is 2.75. The van der Waals surface area contributed by atoms with Gasteiger partial charge in [-0.3, -0.25) is 0 Å². The van der Waals surface area contributed by atoms with Gasteiger partial charge in [0, 0.05) is 12.0 Å². The van der Waals surface area contributed by atoms with Gasteiger partial charge in [0.25, 0.3) is 0 Å². The van der Waals surface area contributed by atoms with E-state index in [9.17, 15) is 0 Å². The molecule has 0 radical (unpaired) electrons. The Bertz CT molecular complexity index is 324. The van der Waals surface area contributed by atoms with Gasteiger partial charge >= 0.3 is 0 Å². The van der Waals surface area contributed by atoms with Gasteiger partial charge in [-0.25, -0.2) is 0 Å². The second-order valence-electron chi connectivity index (χ2n) is 4.79. The Labute approximate surface area is 89.2 Å². The predicted molar refractivity (Wildman–Crippen MR) is 54.6 cm³/mol. The number of hydrogen-bond donors (Lipinski definition) is 1. The molecule has 1 aromatic heterocycles. The van der Waals surface area contributed by atoms with E-state index in [0.29, 0.717) is 12.5 Å². The molecule has 84 valence electrons. The fourth-order valence-corrected chi connectivity index (χ4v) is 1.41. The minimum absolute atomic E-state index is 0.0438. The van der Waals surface area contributed by atoms with Gasteiger partial charge in [0.1, 0.15) is 6.04 Å². The minimum Gasteiger partial charge on any atom is -0.378 e. The number of rotatable bonds is 1. The maximum absolute atomic E-state index is 5.34. The largest absolute Gasteiger partial charge is 0.378 e. The third-order valence-electron chi connectivity index (χ3n) is 2.33. The molecule has 0 saturated carbocycles. The average molecular weight is 211 g/mol. The molecule has 1 aromatic rings. The lowest BCUT2D eigenvalue weighted by Gasteiger charge is -2.20. The molecule has 1 fully saturated rings. The first-order valence-corrected chi connectivity index (χ1v) is 5.22. The van der Waals surface area contributed by atoms with Gasteiger partial charge < -0.3 is 14.6 Å². The first-order chi connectivity index (χ1) is 7.07. The fourth-order valence-electron chi connectivity index (χ4n) is 1.41. The lowest BCUT2D eigenvalue weighted by molar-refractivity contribution is 0.0659. The van der Waals surface area contributed by atoms with E-state index in [1.165, 1.54) is 0 Å². The minimum atomic E-state index is -0.0721. The average Bonchev–Trinajstić information content (AvgIpc) is 2.67. The Morgan fingerprint density at radius 2 is 2.20 bits per heavy atom. The van der Waals surface area contributed by atoms with Crippen LogP contribution in [0.5, 0.6) is 0 Å². The standard InChI is InChI=1S/C10H17N3O2/c1-10(2,3)9-12-8(15-13-9)7-6-14-5-4-11-7/h7,11H,4-6H2,1-3H3. The van der Waals surface area contributed by atoms with Crippen LogP contribution in [-0.4, -0.2) is 29.9 Å². The third kappa shape index (κ3) is 2.35. The third-order valence-corrected chi connectivity index (χ3v) is 2.33. The molecular weight excluding hydrogens is 194 g/mol. The summed E-state index contributed by atoms with van der Waals surface area (Å²) in [5.41, 5.74) is -0.0721. The van der Waals surface area contributed by atoms with E-state index in [1.807, 2.05) is 0 Å². The van der Waals surface area contributed by atoms with Crippen molar-refractivity contribution >= 4 is 0 Å². The SMILES string of the molecule is CC(C)(C)c1noc(C2COCCN2)n1. The van der Waals surface area contributed by atoms with Crippen LogP contribution >= 0.6 is 0 Å². The zero-order valence-corrected chi connectivity index (χ0v) is 9.41. The number of hydrogen-bond acceptors (Lipinski definition) is 5. The van der Waals surface area contributed by atoms with Gasteiger partial charge in [-0.1, -0.05) is 25.9 Å². The van der Waals surface area contributed by atoms with Crippen LogP contribution in [0.3, 0.4) is 0 Å². The van der Waals surface area contributed by atoms with Crippen LogP contribution in [0.1, 0.15) is 38.5 Å². The molecule has 0 aliphatic carbocycles. The van der Waals surface area contributed by atoms with Crippen molar-refractivity contribution in [2.45, 2.75) is 32.2 Å². The monoisotopic (exact) mass is 211 g/mol. The van der Waals surface area contributed by atoms with E-state index in [2.05, 4.69) is 36.2 Å². The number of morpholine rings is 1. The van der Waals surface area contributed by atoms with Crippen LogP contribution in [0.4, 0.5) is 0 Å². The molecule has 1 unspecified atom stereocenters. The Morgan fingerprint density at radius 3 is 2.73 bits per heavy atom. The van der Waals surface area contributed by atoms with Gasteiger partial charge in [0.05, 0.1) is 13.2 Å². The summed E-state index contributed by atoms with van der Waals surface area (Å²) in [6.45, 7) is 8.37. The summed E-state index contributed by atoms with van der Waals surface area (Å²) in [5, 5.41) is 7.26. The van der Waals surface area contributed by atoms with Crippen molar-refractivity contribution in [2.24, 2.45) is 0 Å². The molecule has 5 nitrogen and oxygen atoms in total. The normalized spacial score (nSPS) is 23.0. The predicted octanol–water partition coefficient (Wildman–Crippen LogP) is 1.03. The molecule has 5 heteroatoms. The number of nitrogens with zero attached hydrogens (tertiary/aromatic N) is 2.